The van der Waals surface area contributed by atoms with E-state index in [0.717, 1.165) is 0 Å². The van der Waals surface area contributed by atoms with Crippen molar-refractivity contribution in [3.63, 3.8) is 0 Å². The van der Waals surface area contributed by atoms with Crippen LogP contribution in [0.1, 0.15) is 20.8 Å². The number of nitrogens with zero attached hydrogens (tertiary/aromatic N) is 2. The molecule has 0 fully saturated rings. The maximum absolute atomic E-state index is 5.61. The van der Waals surface area contributed by atoms with Gasteiger partial charge in [-0.15, -0.1) is 0 Å². The van der Waals surface area contributed by atoms with E-state index in [1.54, 1.807) is 7.11 Å². The maximum atomic E-state index is 5.61. The highest BCUT2D eigenvalue weighted by Crippen LogP contribution is 2.08. The molecule has 2 atom stereocenters. The largest absolute Gasteiger partial charge is 0.365 e. The van der Waals surface area contributed by atoms with Gasteiger partial charge >= 0.3 is 0 Å². The van der Waals surface area contributed by atoms with Crippen molar-refractivity contribution in [1.29, 1.82) is 0 Å². The average Bonchev–Trinajstić information content (AvgIpc) is 2.17. The molecule has 0 aromatic rings. The summed E-state index contributed by atoms with van der Waals surface area (Å²) in [6.07, 6.45) is 0.315. The van der Waals surface area contributed by atoms with Crippen LogP contribution < -0.4 is 5.73 Å². The summed E-state index contributed by atoms with van der Waals surface area (Å²) in [7, 11) is 5.83. The van der Waals surface area contributed by atoms with Gasteiger partial charge in [-0.3, -0.25) is 9.80 Å². The quantitative estimate of drug-likeness (QED) is 0.640. The Labute approximate surface area is 88.0 Å². The fourth-order valence-electron chi connectivity index (χ4n) is 1.39. The fraction of sp³-hybridized carbons (Fsp3) is 1.00. The Morgan fingerprint density at radius 1 is 1.14 bits per heavy atom. The van der Waals surface area contributed by atoms with Crippen LogP contribution in [0.15, 0.2) is 0 Å². The number of likely N-dealkylation sites (N-methyl/N-ethyl adjacent to an activating group) is 1. The molecule has 14 heavy (non-hydrogen) atoms. The number of hydrogen-bond donors (Lipinski definition) is 1. The first-order chi connectivity index (χ1) is 6.45. The van der Waals surface area contributed by atoms with Gasteiger partial charge in [0.15, 0.2) is 0 Å². The minimum Gasteiger partial charge on any atom is -0.365 e. The molecule has 0 bridgehead atoms. The maximum Gasteiger partial charge on any atom is 0.123 e. The summed E-state index contributed by atoms with van der Waals surface area (Å²) in [5, 5.41) is 0. The first-order valence-corrected chi connectivity index (χ1v) is 5.12. The lowest BCUT2D eigenvalue weighted by Crippen LogP contribution is -2.52. The second-order valence-corrected chi connectivity index (χ2v) is 3.98. The van der Waals surface area contributed by atoms with E-state index in [1.165, 1.54) is 0 Å². The third-order valence-electron chi connectivity index (χ3n) is 2.92. The van der Waals surface area contributed by atoms with Gasteiger partial charge in [0, 0.05) is 19.7 Å². The van der Waals surface area contributed by atoms with Crippen LogP contribution in [0.4, 0.5) is 0 Å². The molecular formula is C10H25N3O. The van der Waals surface area contributed by atoms with Gasteiger partial charge < -0.3 is 10.5 Å². The molecule has 0 rings (SSSR count). The third-order valence-corrected chi connectivity index (χ3v) is 2.92. The molecule has 0 spiro atoms. The van der Waals surface area contributed by atoms with Crippen LogP contribution in [0.3, 0.4) is 0 Å². The Kier molecular flexibility index (Phi) is 6.27. The van der Waals surface area contributed by atoms with E-state index >= 15 is 0 Å². The van der Waals surface area contributed by atoms with E-state index < -0.39 is 0 Å². The van der Waals surface area contributed by atoms with Crippen LogP contribution in [0.2, 0.25) is 0 Å². The summed E-state index contributed by atoms with van der Waals surface area (Å²) < 4.78 is 5.29. The molecule has 4 heteroatoms. The fourth-order valence-corrected chi connectivity index (χ4v) is 1.39. The highest BCUT2D eigenvalue weighted by atomic mass is 16.5. The third kappa shape index (κ3) is 3.53. The van der Waals surface area contributed by atoms with Crippen molar-refractivity contribution in [2.45, 2.75) is 39.2 Å². The van der Waals surface area contributed by atoms with E-state index in [9.17, 15) is 0 Å². The van der Waals surface area contributed by atoms with Crippen LogP contribution in [-0.2, 0) is 4.74 Å². The molecule has 0 aliphatic rings. The number of rotatable bonds is 6. The Morgan fingerprint density at radius 2 is 1.64 bits per heavy atom. The zero-order valence-corrected chi connectivity index (χ0v) is 10.3. The zero-order chi connectivity index (χ0) is 11.3. The molecule has 0 heterocycles. The van der Waals surface area contributed by atoms with Gasteiger partial charge in [0.1, 0.15) is 6.23 Å². The Hall–Kier alpha value is -0.160. The second-order valence-electron chi connectivity index (χ2n) is 3.98. The molecule has 86 valence electrons. The molecule has 4 nitrogen and oxygen atoms in total. The van der Waals surface area contributed by atoms with Gasteiger partial charge in [0.25, 0.3) is 0 Å². The van der Waals surface area contributed by atoms with Gasteiger partial charge in [-0.2, -0.15) is 0 Å². The minimum atomic E-state index is -0.00815. The van der Waals surface area contributed by atoms with Crippen LogP contribution in [0.5, 0.6) is 0 Å². The zero-order valence-electron chi connectivity index (χ0n) is 10.3. The van der Waals surface area contributed by atoms with Gasteiger partial charge in [-0.05, 0) is 34.9 Å². The first-order valence-electron chi connectivity index (χ1n) is 5.12. The number of nitrogens with two attached hydrogens (primary N) is 1. The number of methoxy groups -OCH3 is 1. The molecule has 0 amide bonds. The molecule has 0 aliphatic carbocycles. The van der Waals surface area contributed by atoms with Crippen molar-refractivity contribution in [2.24, 2.45) is 5.73 Å². The van der Waals surface area contributed by atoms with E-state index in [-0.39, 0.29) is 6.23 Å². The summed E-state index contributed by atoms with van der Waals surface area (Å²) in [5.41, 5.74) is 5.61. The Bertz CT molecular complexity index is 142. The monoisotopic (exact) mass is 203 g/mol. The van der Waals surface area contributed by atoms with E-state index in [0.29, 0.717) is 18.8 Å². The lowest BCUT2D eigenvalue weighted by atomic mass is 10.3. The Morgan fingerprint density at radius 3 is 1.93 bits per heavy atom. The van der Waals surface area contributed by atoms with Crippen molar-refractivity contribution in [2.75, 3.05) is 27.7 Å². The van der Waals surface area contributed by atoms with Crippen molar-refractivity contribution < 1.29 is 4.74 Å². The summed E-state index contributed by atoms with van der Waals surface area (Å²) in [6.45, 7) is 7.02. The SMILES string of the molecule is COC(CN)N(C)C(C)N(C)C(C)C. The lowest BCUT2D eigenvalue weighted by molar-refractivity contribution is -0.0704. The highest BCUT2D eigenvalue weighted by molar-refractivity contribution is 4.69. The van der Waals surface area contributed by atoms with E-state index in [4.69, 9.17) is 10.5 Å². The van der Waals surface area contributed by atoms with Crippen LogP contribution >= 0.6 is 0 Å². The van der Waals surface area contributed by atoms with Gasteiger partial charge in [-0.25, -0.2) is 0 Å². The molecule has 0 radical (unpaired) electrons. The van der Waals surface area contributed by atoms with Crippen LogP contribution in [0, 0.1) is 0 Å². The van der Waals surface area contributed by atoms with Crippen LogP contribution in [-0.4, -0.2) is 56.0 Å². The van der Waals surface area contributed by atoms with E-state index in [2.05, 4.69) is 37.6 Å². The molecule has 0 aliphatic heterocycles. The summed E-state index contributed by atoms with van der Waals surface area (Å²) in [6, 6.07) is 0.516. The van der Waals surface area contributed by atoms with Crippen molar-refractivity contribution in [3.05, 3.63) is 0 Å². The number of ether oxygens (including phenoxy) is 1. The molecule has 0 saturated carbocycles. The predicted octanol–water partition coefficient (Wildman–Crippen LogP) is 0.536. The van der Waals surface area contributed by atoms with Crippen molar-refractivity contribution >= 4 is 0 Å². The summed E-state index contributed by atoms with van der Waals surface area (Å²) >= 11 is 0. The summed E-state index contributed by atoms with van der Waals surface area (Å²) in [4.78, 5) is 4.42. The number of hydrogen-bond acceptors (Lipinski definition) is 4. The Balaban J connectivity index is 4.28. The van der Waals surface area contributed by atoms with E-state index in [1.807, 2.05) is 7.05 Å². The summed E-state index contributed by atoms with van der Waals surface area (Å²) in [5.74, 6) is 0. The molecule has 2 unspecified atom stereocenters. The normalized spacial score (nSPS) is 16.7. The van der Waals surface area contributed by atoms with Crippen molar-refractivity contribution in [3.8, 4) is 0 Å². The first kappa shape index (κ1) is 13.8. The molecule has 0 aromatic heterocycles. The smallest absolute Gasteiger partial charge is 0.123 e. The lowest BCUT2D eigenvalue weighted by Gasteiger charge is -2.38. The highest BCUT2D eigenvalue weighted by Gasteiger charge is 2.22. The van der Waals surface area contributed by atoms with Gasteiger partial charge in [0.05, 0.1) is 6.17 Å². The van der Waals surface area contributed by atoms with Gasteiger partial charge in [-0.1, -0.05) is 0 Å². The van der Waals surface area contributed by atoms with Crippen molar-refractivity contribution in [1.82, 2.24) is 9.80 Å². The molecule has 2 N–H and O–H groups in total. The average molecular weight is 203 g/mol. The standard InChI is InChI=1S/C10H25N3O/c1-8(2)12(4)9(3)13(5)10(7-11)14-6/h8-10H,7,11H2,1-6H3. The topological polar surface area (TPSA) is 41.7 Å². The second kappa shape index (κ2) is 6.35. The van der Waals surface area contributed by atoms with Gasteiger partial charge in [0.2, 0.25) is 0 Å². The minimum absolute atomic E-state index is 0.00815. The predicted molar refractivity (Wildman–Crippen MR) is 60.0 cm³/mol. The molecular weight excluding hydrogens is 178 g/mol. The molecule has 0 saturated heterocycles. The van der Waals surface area contributed by atoms with Crippen LogP contribution in [0.25, 0.3) is 0 Å². The molecule has 0 aromatic carbocycles.